The van der Waals surface area contributed by atoms with E-state index in [1.807, 2.05) is 5.32 Å². The Morgan fingerprint density at radius 2 is 1.95 bits per heavy atom. The van der Waals surface area contributed by atoms with Crippen LogP contribution in [0.3, 0.4) is 0 Å². The predicted octanol–water partition coefficient (Wildman–Crippen LogP) is -0.395. The lowest BCUT2D eigenvalue weighted by Crippen LogP contribution is -2.45. The number of hydrogen-bond acceptors (Lipinski definition) is 5. The molecule has 0 spiro atoms. The zero-order chi connectivity index (χ0) is 14.0. The summed E-state index contributed by atoms with van der Waals surface area (Å²) in [7, 11) is 0. The lowest BCUT2D eigenvalue weighted by Gasteiger charge is -2.21. The Morgan fingerprint density at radius 1 is 1.26 bits per heavy atom. The number of carboxylic acid groups (broad SMARTS) is 1. The molecule has 1 heterocycles. The van der Waals surface area contributed by atoms with E-state index in [1.165, 1.54) is 12.1 Å². The highest BCUT2D eigenvalue weighted by Crippen LogP contribution is 2.27. The van der Waals surface area contributed by atoms with Gasteiger partial charge in [0.05, 0.1) is 5.56 Å². The lowest BCUT2D eigenvalue weighted by molar-refractivity contribution is -0.145. The predicted molar refractivity (Wildman–Crippen MR) is 60.5 cm³/mol. The molecule has 0 saturated heterocycles. The Labute approximate surface area is 107 Å². The van der Waals surface area contributed by atoms with Crippen molar-refractivity contribution in [3.05, 3.63) is 29.8 Å². The van der Waals surface area contributed by atoms with Gasteiger partial charge in [-0.15, -0.1) is 0 Å². The zero-order valence-corrected chi connectivity index (χ0v) is 9.58. The Hall–Kier alpha value is -2.70. The van der Waals surface area contributed by atoms with Crippen molar-refractivity contribution in [2.45, 2.75) is 0 Å². The highest BCUT2D eigenvalue weighted by Gasteiger charge is 2.41. The molecule has 1 amide bonds. The number of ketones is 1. The number of Topliss-reactive ketones (excluding diaryl/α,β-unsaturated/α-hetero) is 1. The standard InChI is InChI=1S/C12H9NO6/c14-8(15)5-13-11(17)9-10(16)6-3-1-2-4-7(6)19-12(9)18/h1-4,9H,5H2,(H,13,17)(H,14,15). The van der Waals surface area contributed by atoms with Gasteiger partial charge < -0.3 is 15.2 Å². The van der Waals surface area contributed by atoms with E-state index in [0.29, 0.717) is 0 Å². The van der Waals surface area contributed by atoms with E-state index >= 15 is 0 Å². The Bertz CT molecular complexity index is 579. The second kappa shape index (κ2) is 4.89. The summed E-state index contributed by atoms with van der Waals surface area (Å²) in [6.45, 7) is -0.669. The maximum Gasteiger partial charge on any atom is 0.331 e. The maximum absolute atomic E-state index is 12.0. The van der Waals surface area contributed by atoms with E-state index in [-0.39, 0.29) is 11.3 Å². The fraction of sp³-hybridized carbons (Fsp3) is 0.167. The van der Waals surface area contributed by atoms with Crippen LogP contribution in [0.4, 0.5) is 0 Å². The van der Waals surface area contributed by atoms with Crippen molar-refractivity contribution in [2.75, 3.05) is 6.54 Å². The normalized spacial score (nSPS) is 17.4. The smallest absolute Gasteiger partial charge is 0.331 e. The first-order valence-corrected chi connectivity index (χ1v) is 5.35. The van der Waals surface area contributed by atoms with Gasteiger partial charge in [-0.25, -0.2) is 0 Å². The number of aliphatic carboxylic acids is 1. The van der Waals surface area contributed by atoms with E-state index in [2.05, 4.69) is 0 Å². The first-order chi connectivity index (χ1) is 9.00. The topological polar surface area (TPSA) is 110 Å². The molecule has 7 nitrogen and oxygen atoms in total. The summed E-state index contributed by atoms with van der Waals surface area (Å²) in [5.74, 6) is -5.52. The molecule has 1 aromatic carbocycles. The largest absolute Gasteiger partial charge is 0.480 e. The molecule has 19 heavy (non-hydrogen) atoms. The molecule has 1 atom stereocenters. The second-order valence-electron chi connectivity index (χ2n) is 3.83. The SMILES string of the molecule is O=C(O)CNC(=O)C1C(=O)Oc2ccccc2C1=O. The number of nitrogens with one attached hydrogen (secondary N) is 1. The van der Waals surface area contributed by atoms with Crippen LogP contribution in [0.1, 0.15) is 10.4 Å². The third kappa shape index (κ3) is 2.44. The number of carbonyl (C=O) groups is 4. The minimum Gasteiger partial charge on any atom is -0.480 e. The summed E-state index contributed by atoms with van der Waals surface area (Å²) >= 11 is 0. The van der Waals surface area contributed by atoms with Gasteiger partial charge in [0, 0.05) is 0 Å². The number of ether oxygens (including phenoxy) is 1. The minimum absolute atomic E-state index is 0.0970. The molecular weight excluding hydrogens is 254 g/mol. The van der Waals surface area contributed by atoms with Gasteiger partial charge in [-0.2, -0.15) is 0 Å². The molecule has 0 fully saturated rings. The third-order valence-corrected chi connectivity index (χ3v) is 2.54. The molecular formula is C12H9NO6. The Morgan fingerprint density at radius 3 is 2.63 bits per heavy atom. The maximum atomic E-state index is 12.0. The van der Waals surface area contributed by atoms with Crippen LogP contribution >= 0.6 is 0 Å². The van der Waals surface area contributed by atoms with E-state index in [1.54, 1.807) is 12.1 Å². The van der Waals surface area contributed by atoms with E-state index in [4.69, 9.17) is 9.84 Å². The number of fused-ring (bicyclic) bond motifs is 1. The van der Waals surface area contributed by atoms with E-state index in [0.717, 1.165) is 0 Å². The number of carboxylic acids is 1. The van der Waals surface area contributed by atoms with Crippen molar-refractivity contribution in [1.82, 2.24) is 5.32 Å². The van der Waals surface area contributed by atoms with Gasteiger partial charge in [-0.05, 0) is 12.1 Å². The highest BCUT2D eigenvalue weighted by atomic mass is 16.5. The Balaban J connectivity index is 2.24. The van der Waals surface area contributed by atoms with Crippen LogP contribution in [-0.2, 0) is 14.4 Å². The van der Waals surface area contributed by atoms with E-state index in [9.17, 15) is 19.2 Å². The van der Waals surface area contributed by atoms with Crippen molar-refractivity contribution in [3.8, 4) is 5.75 Å². The molecule has 2 rings (SSSR count). The van der Waals surface area contributed by atoms with E-state index < -0.39 is 36.1 Å². The summed E-state index contributed by atoms with van der Waals surface area (Å²) in [5.41, 5.74) is 0.123. The summed E-state index contributed by atoms with van der Waals surface area (Å²) in [4.78, 5) is 45.6. The van der Waals surface area contributed by atoms with Crippen LogP contribution < -0.4 is 10.1 Å². The molecule has 2 N–H and O–H groups in total. The average Bonchev–Trinajstić information content (AvgIpc) is 2.36. The van der Waals surface area contributed by atoms with Gasteiger partial charge >= 0.3 is 11.9 Å². The lowest BCUT2D eigenvalue weighted by atomic mass is 9.93. The third-order valence-electron chi connectivity index (χ3n) is 2.54. The number of esters is 1. The molecule has 1 aliphatic rings. The van der Waals surface area contributed by atoms with Gasteiger partial charge in [-0.1, -0.05) is 12.1 Å². The molecule has 0 bridgehead atoms. The van der Waals surface area contributed by atoms with Crippen LogP contribution in [-0.4, -0.2) is 35.3 Å². The highest BCUT2D eigenvalue weighted by molar-refractivity contribution is 6.25. The second-order valence-corrected chi connectivity index (χ2v) is 3.83. The molecule has 0 aliphatic carbocycles. The van der Waals surface area contributed by atoms with Gasteiger partial charge in [0.1, 0.15) is 12.3 Å². The fourth-order valence-corrected chi connectivity index (χ4v) is 1.68. The van der Waals surface area contributed by atoms with Crippen molar-refractivity contribution in [1.29, 1.82) is 0 Å². The number of rotatable bonds is 3. The quantitative estimate of drug-likeness (QED) is 0.436. The van der Waals surface area contributed by atoms with Crippen molar-refractivity contribution < 1.29 is 29.0 Å². The van der Waals surface area contributed by atoms with Gasteiger partial charge in [0.15, 0.2) is 11.7 Å². The molecule has 1 unspecified atom stereocenters. The van der Waals surface area contributed by atoms with Gasteiger partial charge in [0.25, 0.3) is 0 Å². The van der Waals surface area contributed by atoms with Gasteiger partial charge in [-0.3, -0.25) is 19.2 Å². The molecule has 0 saturated carbocycles. The molecule has 7 heteroatoms. The molecule has 0 radical (unpaired) electrons. The Kier molecular flexibility index (Phi) is 3.28. The van der Waals surface area contributed by atoms with Crippen molar-refractivity contribution in [2.24, 2.45) is 5.92 Å². The summed E-state index contributed by atoms with van der Waals surface area (Å²) in [6, 6.07) is 6.03. The van der Waals surface area contributed by atoms with Gasteiger partial charge in [0.2, 0.25) is 5.91 Å². The van der Waals surface area contributed by atoms with Crippen molar-refractivity contribution in [3.63, 3.8) is 0 Å². The monoisotopic (exact) mass is 263 g/mol. The number of para-hydroxylation sites is 1. The number of amides is 1. The first kappa shape index (κ1) is 12.7. The molecule has 98 valence electrons. The number of benzene rings is 1. The van der Waals surface area contributed by atoms with Crippen LogP contribution in [0.2, 0.25) is 0 Å². The fourth-order valence-electron chi connectivity index (χ4n) is 1.68. The average molecular weight is 263 g/mol. The van der Waals surface area contributed by atoms with Crippen LogP contribution in [0.25, 0.3) is 0 Å². The number of carbonyl (C=O) groups excluding carboxylic acids is 3. The van der Waals surface area contributed by atoms with Crippen molar-refractivity contribution >= 4 is 23.6 Å². The summed E-state index contributed by atoms with van der Waals surface area (Å²) < 4.78 is 4.87. The molecule has 1 aromatic rings. The molecule has 0 aromatic heterocycles. The van der Waals surface area contributed by atoms with Crippen LogP contribution in [0.15, 0.2) is 24.3 Å². The summed E-state index contributed by atoms with van der Waals surface area (Å²) in [6.07, 6.45) is 0. The van der Waals surface area contributed by atoms with Crippen LogP contribution in [0, 0.1) is 5.92 Å². The minimum atomic E-state index is -1.66. The summed E-state index contributed by atoms with van der Waals surface area (Å²) in [5, 5.41) is 10.4. The first-order valence-electron chi connectivity index (χ1n) is 5.35. The number of hydrogen-bond donors (Lipinski definition) is 2. The van der Waals surface area contributed by atoms with Crippen LogP contribution in [0.5, 0.6) is 5.75 Å². The molecule has 1 aliphatic heterocycles. The zero-order valence-electron chi connectivity index (χ0n) is 9.58.